The average molecular weight is 463 g/mol. The van der Waals surface area contributed by atoms with Crippen LogP contribution in [0.4, 0.5) is 0 Å². The summed E-state index contributed by atoms with van der Waals surface area (Å²) in [6.07, 6.45) is 4.93. The van der Waals surface area contributed by atoms with Crippen molar-refractivity contribution in [1.29, 1.82) is 0 Å². The van der Waals surface area contributed by atoms with E-state index in [1.807, 2.05) is 66.1 Å². The van der Waals surface area contributed by atoms with Gasteiger partial charge in [0.1, 0.15) is 0 Å². The predicted octanol–water partition coefficient (Wildman–Crippen LogP) is 4.53. The lowest BCUT2D eigenvalue weighted by atomic mass is 10.2. The summed E-state index contributed by atoms with van der Waals surface area (Å²) in [4.78, 5) is 16.4. The summed E-state index contributed by atoms with van der Waals surface area (Å²) in [7, 11) is 0. The van der Waals surface area contributed by atoms with Gasteiger partial charge < -0.3 is 0 Å². The third-order valence-electron chi connectivity index (χ3n) is 4.49. The molecule has 0 aliphatic carbocycles. The lowest BCUT2D eigenvalue weighted by Gasteiger charge is -2.10. The van der Waals surface area contributed by atoms with E-state index in [9.17, 15) is 4.79 Å². The molecule has 4 rings (SSSR count). The lowest BCUT2D eigenvalue weighted by Crippen LogP contribution is -2.20. The van der Waals surface area contributed by atoms with E-state index in [1.54, 1.807) is 18.5 Å². The molecule has 2 aromatic carbocycles. The van der Waals surface area contributed by atoms with Crippen LogP contribution in [0.2, 0.25) is 5.02 Å². The molecule has 160 valence electrons. The number of carbonyl (C=O) groups is 1. The van der Waals surface area contributed by atoms with Gasteiger partial charge in [0.05, 0.1) is 12.0 Å². The Balaban J connectivity index is 1.51. The van der Waals surface area contributed by atoms with E-state index >= 15 is 0 Å². The van der Waals surface area contributed by atoms with Gasteiger partial charge in [-0.15, -0.1) is 10.2 Å². The van der Waals surface area contributed by atoms with Crippen molar-refractivity contribution < 1.29 is 4.79 Å². The van der Waals surface area contributed by atoms with E-state index in [0.717, 1.165) is 22.4 Å². The second kappa shape index (κ2) is 10.2. The molecule has 0 saturated heterocycles. The molecule has 7 nitrogen and oxygen atoms in total. The Morgan fingerprint density at radius 2 is 1.84 bits per heavy atom. The van der Waals surface area contributed by atoms with Crippen molar-refractivity contribution in [3.05, 3.63) is 89.2 Å². The number of benzene rings is 2. The van der Waals surface area contributed by atoms with Crippen LogP contribution in [0.3, 0.4) is 0 Å². The summed E-state index contributed by atoms with van der Waals surface area (Å²) < 4.78 is 1.93. The fourth-order valence-electron chi connectivity index (χ4n) is 2.89. The van der Waals surface area contributed by atoms with Gasteiger partial charge in [0.25, 0.3) is 5.91 Å². The molecule has 0 bridgehead atoms. The molecular formula is C23H19ClN6OS. The molecule has 0 fully saturated rings. The predicted molar refractivity (Wildman–Crippen MR) is 127 cm³/mol. The fraction of sp³-hybridized carbons (Fsp3) is 0.0870. The zero-order valence-corrected chi connectivity index (χ0v) is 18.7. The minimum atomic E-state index is -0.262. The van der Waals surface area contributed by atoms with Crippen LogP contribution in [-0.4, -0.2) is 37.6 Å². The van der Waals surface area contributed by atoms with Gasteiger partial charge in [-0.2, -0.15) is 5.10 Å². The molecular weight excluding hydrogens is 444 g/mol. The summed E-state index contributed by atoms with van der Waals surface area (Å²) in [5.41, 5.74) is 6.19. The molecule has 1 amide bonds. The van der Waals surface area contributed by atoms with Crippen LogP contribution in [-0.2, 0) is 4.79 Å². The van der Waals surface area contributed by atoms with Gasteiger partial charge in [0.2, 0.25) is 0 Å². The van der Waals surface area contributed by atoms with Gasteiger partial charge in [0, 0.05) is 34.2 Å². The molecule has 0 spiro atoms. The van der Waals surface area contributed by atoms with Gasteiger partial charge in [-0.1, -0.05) is 59.3 Å². The summed E-state index contributed by atoms with van der Waals surface area (Å²) >= 11 is 7.37. The Hall–Kier alpha value is -3.49. The van der Waals surface area contributed by atoms with Crippen LogP contribution >= 0.6 is 23.4 Å². The fourth-order valence-corrected chi connectivity index (χ4v) is 3.82. The van der Waals surface area contributed by atoms with E-state index in [4.69, 9.17) is 11.6 Å². The highest BCUT2D eigenvalue weighted by atomic mass is 35.5. The van der Waals surface area contributed by atoms with Crippen LogP contribution in [0.25, 0.3) is 17.1 Å². The van der Waals surface area contributed by atoms with Crippen molar-refractivity contribution in [2.24, 2.45) is 5.10 Å². The third-order valence-corrected chi connectivity index (χ3v) is 5.77. The zero-order chi connectivity index (χ0) is 22.3. The Labute approximate surface area is 194 Å². The molecule has 0 saturated carbocycles. The molecule has 0 radical (unpaired) electrons. The van der Waals surface area contributed by atoms with Crippen molar-refractivity contribution >= 4 is 35.5 Å². The first-order valence-electron chi connectivity index (χ1n) is 9.74. The Kier molecular flexibility index (Phi) is 6.94. The molecule has 2 heterocycles. The molecule has 1 N–H and O–H groups in total. The normalized spacial score (nSPS) is 11.1. The Morgan fingerprint density at radius 1 is 1.09 bits per heavy atom. The molecule has 0 aliphatic rings. The summed E-state index contributed by atoms with van der Waals surface area (Å²) in [5.74, 6) is 0.540. The zero-order valence-electron chi connectivity index (χ0n) is 17.1. The summed E-state index contributed by atoms with van der Waals surface area (Å²) in [6.45, 7) is 2.03. The SMILES string of the molecule is Cc1ccc(-n2c(SCC(=O)N/N=C/c3ccccc3Cl)nnc2-c2ccncc2)cc1. The molecule has 4 aromatic rings. The smallest absolute Gasteiger partial charge is 0.250 e. The van der Waals surface area contributed by atoms with E-state index < -0.39 is 0 Å². The number of halogens is 1. The number of aromatic nitrogens is 4. The van der Waals surface area contributed by atoms with E-state index in [2.05, 4.69) is 25.7 Å². The number of hydrogen-bond donors (Lipinski definition) is 1. The number of hydrazone groups is 1. The van der Waals surface area contributed by atoms with Crippen LogP contribution < -0.4 is 5.43 Å². The number of amides is 1. The van der Waals surface area contributed by atoms with Crippen molar-refractivity contribution in [1.82, 2.24) is 25.2 Å². The number of nitrogens with one attached hydrogen (secondary N) is 1. The van der Waals surface area contributed by atoms with Gasteiger partial charge >= 0.3 is 0 Å². The first kappa shape index (κ1) is 21.7. The minimum absolute atomic E-state index is 0.125. The minimum Gasteiger partial charge on any atom is -0.272 e. The van der Waals surface area contributed by atoms with Crippen LogP contribution in [0.1, 0.15) is 11.1 Å². The highest BCUT2D eigenvalue weighted by Gasteiger charge is 2.17. The molecule has 0 aliphatic heterocycles. The van der Waals surface area contributed by atoms with E-state index in [1.165, 1.54) is 18.0 Å². The molecule has 9 heteroatoms. The maximum Gasteiger partial charge on any atom is 0.250 e. The maximum atomic E-state index is 12.3. The number of carbonyl (C=O) groups excluding carboxylic acids is 1. The van der Waals surface area contributed by atoms with Gasteiger partial charge in [-0.25, -0.2) is 5.43 Å². The highest BCUT2D eigenvalue weighted by molar-refractivity contribution is 7.99. The molecule has 2 aromatic heterocycles. The maximum absolute atomic E-state index is 12.3. The summed E-state index contributed by atoms with van der Waals surface area (Å²) in [5, 5.41) is 13.8. The second-order valence-corrected chi connectivity index (χ2v) is 8.17. The number of rotatable bonds is 7. The Bertz CT molecular complexity index is 1240. The van der Waals surface area contributed by atoms with E-state index in [-0.39, 0.29) is 11.7 Å². The summed E-state index contributed by atoms with van der Waals surface area (Å²) in [6, 6.07) is 19.1. The second-order valence-electron chi connectivity index (χ2n) is 6.82. The van der Waals surface area contributed by atoms with E-state index in [0.29, 0.717) is 16.0 Å². The molecule has 0 atom stereocenters. The van der Waals surface area contributed by atoms with Gasteiger partial charge in [-0.3, -0.25) is 14.3 Å². The first-order valence-corrected chi connectivity index (χ1v) is 11.1. The Morgan fingerprint density at radius 3 is 2.59 bits per heavy atom. The standard InChI is InChI=1S/C23H19ClN6OS/c1-16-6-8-19(9-7-16)30-22(17-10-12-25-13-11-17)28-29-23(30)32-15-21(31)27-26-14-18-4-2-3-5-20(18)24/h2-14H,15H2,1H3,(H,27,31)/b26-14+. The van der Waals surface area contributed by atoms with Crippen molar-refractivity contribution in [2.75, 3.05) is 5.75 Å². The quantitative estimate of drug-likeness (QED) is 0.248. The van der Waals surface area contributed by atoms with Crippen molar-refractivity contribution in [2.45, 2.75) is 12.1 Å². The topological polar surface area (TPSA) is 85.1 Å². The molecule has 0 unspecified atom stereocenters. The number of thioether (sulfide) groups is 1. The first-order chi connectivity index (χ1) is 15.6. The lowest BCUT2D eigenvalue weighted by molar-refractivity contribution is -0.118. The number of pyridine rings is 1. The monoisotopic (exact) mass is 462 g/mol. The highest BCUT2D eigenvalue weighted by Crippen LogP contribution is 2.27. The van der Waals surface area contributed by atoms with Crippen LogP contribution in [0.5, 0.6) is 0 Å². The van der Waals surface area contributed by atoms with Gasteiger partial charge in [-0.05, 0) is 37.3 Å². The van der Waals surface area contributed by atoms with Crippen LogP contribution in [0, 0.1) is 6.92 Å². The van der Waals surface area contributed by atoms with Crippen molar-refractivity contribution in [3.63, 3.8) is 0 Å². The third kappa shape index (κ3) is 5.22. The number of hydrogen-bond acceptors (Lipinski definition) is 6. The average Bonchev–Trinajstić information content (AvgIpc) is 3.24. The van der Waals surface area contributed by atoms with Crippen molar-refractivity contribution in [3.8, 4) is 17.1 Å². The largest absolute Gasteiger partial charge is 0.272 e. The van der Waals surface area contributed by atoms with Crippen LogP contribution in [0.15, 0.2) is 83.3 Å². The number of nitrogens with zero attached hydrogens (tertiary/aromatic N) is 5. The number of aryl methyl sites for hydroxylation is 1. The molecule has 32 heavy (non-hydrogen) atoms. The van der Waals surface area contributed by atoms with Gasteiger partial charge in [0.15, 0.2) is 11.0 Å².